The van der Waals surface area contributed by atoms with E-state index >= 15 is 0 Å². The van der Waals surface area contributed by atoms with Crippen molar-refractivity contribution in [2.24, 2.45) is 10.8 Å². The third kappa shape index (κ3) is 2.59. The molecule has 6 heteroatoms. The highest BCUT2D eigenvalue weighted by Gasteiger charge is 2.76. The Morgan fingerprint density at radius 2 is 1.80 bits per heavy atom. The van der Waals surface area contributed by atoms with Gasteiger partial charge in [-0.1, -0.05) is 51.1 Å². The van der Waals surface area contributed by atoms with E-state index in [1.807, 2.05) is 45.9 Å². The van der Waals surface area contributed by atoms with E-state index < -0.39 is 28.4 Å². The largest absolute Gasteiger partial charge is 0.462 e. The first-order valence-electron chi connectivity index (χ1n) is 10.3. The number of ether oxygens (including phenoxy) is 3. The van der Waals surface area contributed by atoms with Crippen molar-refractivity contribution in [2.45, 2.75) is 52.6 Å². The molecule has 4 rings (SSSR count). The van der Waals surface area contributed by atoms with Crippen LogP contribution < -0.4 is 4.74 Å². The normalized spacial score (nSPS) is 26.5. The molecule has 1 aliphatic heterocycles. The Morgan fingerprint density at radius 3 is 2.43 bits per heavy atom. The zero-order valence-corrected chi connectivity index (χ0v) is 17.7. The molecule has 0 aromatic heterocycles. The number of carbonyl (C=O) groups excluding carboxylic acids is 3. The van der Waals surface area contributed by atoms with Gasteiger partial charge < -0.3 is 14.2 Å². The van der Waals surface area contributed by atoms with Gasteiger partial charge in [-0.25, -0.2) is 9.59 Å². The van der Waals surface area contributed by atoms with Crippen LogP contribution in [0.15, 0.2) is 36.4 Å². The molecule has 1 saturated carbocycles. The second-order valence-electron chi connectivity index (χ2n) is 8.86. The number of rotatable bonds is 5. The molecule has 0 amide bonds. The van der Waals surface area contributed by atoms with Gasteiger partial charge in [0.25, 0.3) is 0 Å². The number of hydrogen-bond acceptors (Lipinski definition) is 6. The van der Waals surface area contributed by atoms with Crippen molar-refractivity contribution in [2.75, 3.05) is 6.61 Å². The summed E-state index contributed by atoms with van der Waals surface area (Å²) in [4.78, 5) is 38.7. The summed E-state index contributed by atoms with van der Waals surface area (Å²) in [5.41, 5.74) is -2.68. The number of benzene rings is 2. The maximum Gasteiger partial charge on any atom is 0.356 e. The van der Waals surface area contributed by atoms with Gasteiger partial charge in [0, 0.05) is 10.8 Å². The lowest BCUT2D eigenvalue weighted by Gasteiger charge is -2.34. The molecule has 30 heavy (non-hydrogen) atoms. The first-order valence-corrected chi connectivity index (χ1v) is 10.3. The molecule has 0 radical (unpaired) electrons. The Hall–Kier alpha value is -2.89. The van der Waals surface area contributed by atoms with E-state index in [0.29, 0.717) is 24.6 Å². The van der Waals surface area contributed by atoms with Gasteiger partial charge in [-0.15, -0.1) is 0 Å². The van der Waals surface area contributed by atoms with Gasteiger partial charge in [-0.2, -0.15) is 0 Å². The maximum absolute atomic E-state index is 13.5. The fourth-order valence-corrected chi connectivity index (χ4v) is 4.66. The number of esters is 3. The fraction of sp³-hybridized carbons (Fsp3) is 0.458. The molecule has 2 unspecified atom stereocenters. The van der Waals surface area contributed by atoms with Gasteiger partial charge in [0.15, 0.2) is 5.75 Å². The van der Waals surface area contributed by atoms with Gasteiger partial charge in [0.2, 0.25) is 5.60 Å². The van der Waals surface area contributed by atoms with Gasteiger partial charge in [0.05, 0.1) is 12.0 Å². The van der Waals surface area contributed by atoms with E-state index in [9.17, 15) is 14.4 Å². The van der Waals surface area contributed by atoms with Crippen LogP contribution in [0.5, 0.6) is 5.75 Å². The van der Waals surface area contributed by atoms with Crippen LogP contribution in [-0.4, -0.2) is 30.1 Å². The first-order chi connectivity index (χ1) is 14.2. The molecular formula is C24H26O6. The van der Waals surface area contributed by atoms with Gasteiger partial charge in [0.1, 0.15) is 5.56 Å². The Labute approximate surface area is 175 Å². The lowest BCUT2D eigenvalue weighted by Crippen LogP contribution is -2.50. The molecule has 1 saturated heterocycles. The maximum atomic E-state index is 13.5. The lowest BCUT2D eigenvalue weighted by molar-refractivity contribution is -0.176. The third-order valence-corrected chi connectivity index (χ3v) is 7.14. The highest BCUT2D eigenvalue weighted by atomic mass is 16.6. The van der Waals surface area contributed by atoms with Gasteiger partial charge >= 0.3 is 17.9 Å². The van der Waals surface area contributed by atoms with E-state index in [0.717, 1.165) is 5.39 Å². The van der Waals surface area contributed by atoms with Crippen LogP contribution in [-0.2, 0) is 19.1 Å². The molecule has 158 valence electrons. The van der Waals surface area contributed by atoms with Crippen LogP contribution >= 0.6 is 0 Å². The van der Waals surface area contributed by atoms with Crippen molar-refractivity contribution < 1.29 is 28.6 Å². The van der Waals surface area contributed by atoms with Gasteiger partial charge in [-0.05, 0) is 37.6 Å². The van der Waals surface area contributed by atoms with Crippen molar-refractivity contribution >= 4 is 28.7 Å². The molecular weight excluding hydrogens is 384 g/mol. The third-order valence-electron chi connectivity index (χ3n) is 7.14. The molecule has 2 fully saturated rings. The number of hydrogen-bond donors (Lipinski definition) is 0. The molecule has 1 heterocycles. The first kappa shape index (κ1) is 20.4. The molecule has 6 nitrogen and oxygen atoms in total. The summed E-state index contributed by atoms with van der Waals surface area (Å²) in [6.07, 6.45) is 1.62. The zero-order valence-electron chi connectivity index (χ0n) is 17.7. The predicted octanol–water partition coefficient (Wildman–Crippen LogP) is 4.43. The van der Waals surface area contributed by atoms with E-state index in [1.54, 1.807) is 18.2 Å². The van der Waals surface area contributed by atoms with E-state index in [4.69, 9.17) is 14.2 Å². The fourth-order valence-electron chi connectivity index (χ4n) is 4.66. The van der Waals surface area contributed by atoms with Crippen molar-refractivity contribution in [3.8, 4) is 5.75 Å². The Bertz CT molecular complexity index is 1050. The second-order valence-corrected chi connectivity index (χ2v) is 8.86. The average Bonchev–Trinajstić information content (AvgIpc) is 3.02. The summed E-state index contributed by atoms with van der Waals surface area (Å²) >= 11 is 0. The minimum absolute atomic E-state index is 0.140. The van der Waals surface area contributed by atoms with Crippen molar-refractivity contribution in [1.29, 1.82) is 0 Å². The van der Waals surface area contributed by atoms with Crippen LogP contribution in [0.4, 0.5) is 0 Å². The minimum Gasteiger partial charge on any atom is -0.462 e. The molecule has 0 N–H and O–H groups in total. The zero-order chi connectivity index (χ0) is 21.7. The molecule has 2 aromatic carbocycles. The molecule has 2 aliphatic rings. The van der Waals surface area contributed by atoms with E-state index in [-0.39, 0.29) is 23.9 Å². The van der Waals surface area contributed by atoms with Crippen molar-refractivity contribution in [3.63, 3.8) is 0 Å². The van der Waals surface area contributed by atoms with Crippen LogP contribution in [0.3, 0.4) is 0 Å². The Morgan fingerprint density at radius 1 is 1.07 bits per heavy atom. The Balaban J connectivity index is 1.77. The molecule has 0 spiro atoms. The van der Waals surface area contributed by atoms with Gasteiger partial charge in [-0.3, -0.25) is 4.79 Å². The van der Waals surface area contributed by atoms with Crippen LogP contribution in [0, 0.1) is 10.8 Å². The standard InChI is InChI=1S/C24H26O6/c1-5-14-28-19(25)17-11-10-15-8-6-7-9-16(15)18(17)29-21(27)24-13-12-23(4,20(26)30-24)22(24,2)3/h6-11H,5,12-14H2,1-4H3. The second kappa shape index (κ2) is 6.83. The highest BCUT2D eigenvalue weighted by molar-refractivity contribution is 6.04. The summed E-state index contributed by atoms with van der Waals surface area (Å²) in [5, 5.41) is 1.44. The van der Waals surface area contributed by atoms with Crippen LogP contribution in [0.1, 0.15) is 57.3 Å². The van der Waals surface area contributed by atoms with E-state index in [2.05, 4.69) is 0 Å². The molecule has 2 aromatic rings. The van der Waals surface area contributed by atoms with Crippen molar-refractivity contribution in [1.82, 2.24) is 0 Å². The Kier molecular flexibility index (Phi) is 4.64. The van der Waals surface area contributed by atoms with Crippen LogP contribution in [0.25, 0.3) is 10.8 Å². The monoisotopic (exact) mass is 410 g/mol. The summed E-state index contributed by atoms with van der Waals surface area (Å²) in [5.74, 6) is -1.44. The average molecular weight is 410 g/mol. The summed E-state index contributed by atoms with van der Waals surface area (Å²) in [6.45, 7) is 7.74. The van der Waals surface area contributed by atoms with Crippen LogP contribution in [0.2, 0.25) is 0 Å². The van der Waals surface area contributed by atoms with Crippen molar-refractivity contribution in [3.05, 3.63) is 42.0 Å². The summed E-state index contributed by atoms with van der Waals surface area (Å²) < 4.78 is 16.8. The highest BCUT2D eigenvalue weighted by Crippen LogP contribution is 2.65. The quantitative estimate of drug-likeness (QED) is 0.536. The summed E-state index contributed by atoms with van der Waals surface area (Å²) in [6, 6.07) is 10.7. The predicted molar refractivity (Wildman–Crippen MR) is 110 cm³/mol. The number of fused-ring (bicyclic) bond motifs is 3. The molecule has 2 atom stereocenters. The molecule has 2 bridgehead atoms. The lowest BCUT2D eigenvalue weighted by atomic mass is 9.66. The SMILES string of the molecule is CCCOC(=O)c1ccc2ccccc2c1OC(=O)C12CCC(C)(C(=O)O1)C2(C)C. The molecule has 1 aliphatic carbocycles. The minimum atomic E-state index is -1.37. The smallest absolute Gasteiger partial charge is 0.356 e. The van der Waals surface area contributed by atoms with E-state index in [1.165, 1.54) is 0 Å². The number of carbonyl (C=O) groups is 3. The summed E-state index contributed by atoms with van der Waals surface area (Å²) in [7, 11) is 0. The topological polar surface area (TPSA) is 78.9 Å².